The third-order valence-electron chi connectivity index (χ3n) is 4.36. The van der Waals surface area contributed by atoms with Crippen molar-refractivity contribution in [1.29, 1.82) is 0 Å². The first kappa shape index (κ1) is 20.2. The van der Waals surface area contributed by atoms with Gasteiger partial charge in [-0.3, -0.25) is 4.99 Å². The standard InChI is InChI=1S/C18H30N4.HI/c1-15-5-7-17(8-6-15)21-18(19)20-11-3-4-12-22-13-9-16(2)10-14-22;/h5-8,16H,3-4,9-14H2,1-2H3,(H3,19,20,21);1H. The topological polar surface area (TPSA) is 53.6 Å². The van der Waals surface area contributed by atoms with E-state index in [0.717, 1.165) is 24.6 Å². The molecule has 2 rings (SSSR count). The Labute approximate surface area is 157 Å². The zero-order valence-corrected chi connectivity index (χ0v) is 16.8. The van der Waals surface area contributed by atoms with Gasteiger partial charge in [-0.05, 0) is 70.3 Å². The van der Waals surface area contributed by atoms with Gasteiger partial charge in [0.25, 0.3) is 0 Å². The van der Waals surface area contributed by atoms with Crippen LogP contribution in [-0.2, 0) is 0 Å². The van der Waals surface area contributed by atoms with E-state index in [1.54, 1.807) is 0 Å². The van der Waals surface area contributed by atoms with Crippen LogP contribution in [0.3, 0.4) is 0 Å². The number of nitrogens with zero attached hydrogens (tertiary/aromatic N) is 2. The van der Waals surface area contributed by atoms with Crippen molar-refractivity contribution in [3.63, 3.8) is 0 Å². The second-order valence-corrected chi connectivity index (χ2v) is 6.49. The van der Waals surface area contributed by atoms with Crippen LogP contribution in [0, 0.1) is 12.8 Å². The lowest BCUT2D eigenvalue weighted by Gasteiger charge is -2.30. The highest BCUT2D eigenvalue weighted by atomic mass is 127. The van der Waals surface area contributed by atoms with Crippen molar-refractivity contribution in [2.45, 2.75) is 39.5 Å². The van der Waals surface area contributed by atoms with Crippen molar-refractivity contribution in [2.75, 3.05) is 31.5 Å². The number of aliphatic imine (C=N–C) groups is 1. The summed E-state index contributed by atoms with van der Waals surface area (Å²) in [5, 5.41) is 3.13. The maximum Gasteiger partial charge on any atom is 0.193 e. The van der Waals surface area contributed by atoms with Gasteiger partial charge in [-0.25, -0.2) is 0 Å². The van der Waals surface area contributed by atoms with Crippen molar-refractivity contribution in [1.82, 2.24) is 4.90 Å². The summed E-state index contributed by atoms with van der Waals surface area (Å²) in [7, 11) is 0. The average molecular weight is 430 g/mol. The molecule has 5 heteroatoms. The number of nitrogens with one attached hydrogen (secondary N) is 1. The molecule has 3 N–H and O–H groups in total. The lowest BCUT2D eigenvalue weighted by Crippen LogP contribution is -2.33. The zero-order valence-electron chi connectivity index (χ0n) is 14.4. The minimum absolute atomic E-state index is 0. The van der Waals surface area contributed by atoms with Gasteiger partial charge in [0.1, 0.15) is 0 Å². The summed E-state index contributed by atoms with van der Waals surface area (Å²) >= 11 is 0. The number of hydrogen-bond acceptors (Lipinski definition) is 2. The average Bonchev–Trinajstić information content (AvgIpc) is 2.51. The molecule has 0 bridgehead atoms. The molecule has 1 fully saturated rings. The van der Waals surface area contributed by atoms with Gasteiger partial charge in [0.15, 0.2) is 5.96 Å². The number of unbranched alkanes of at least 4 members (excludes halogenated alkanes) is 1. The Morgan fingerprint density at radius 1 is 1.22 bits per heavy atom. The fourth-order valence-electron chi connectivity index (χ4n) is 2.76. The molecule has 4 nitrogen and oxygen atoms in total. The van der Waals surface area contributed by atoms with Gasteiger partial charge in [0.2, 0.25) is 0 Å². The Balaban J connectivity index is 0.00000264. The van der Waals surface area contributed by atoms with Crippen LogP contribution in [0.4, 0.5) is 5.69 Å². The van der Waals surface area contributed by atoms with Crippen LogP contribution in [0.15, 0.2) is 29.3 Å². The van der Waals surface area contributed by atoms with Crippen LogP contribution in [0.25, 0.3) is 0 Å². The predicted octanol–water partition coefficient (Wildman–Crippen LogP) is 3.85. The summed E-state index contributed by atoms with van der Waals surface area (Å²) in [6, 6.07) is 8.17. The van der Waals surface area contributed by atoms with Crippen molar-refractivity contribution in [2.24, 2.45) is 16.6 Å². The fraction of sp³-hybridized carbons (Fsp3) is 0.611. The van der Waals surface area contributed by atoms with Crippen molar-refractivity contribution in [3.8, 4) is 0 Å². The van der Waals surface area contributed by atoms with Gasteiger partial charge >= 0.3 is 0 Å². The molecule has 0 aromatic heterocycles. The minimum Gasteiger partial charge on any atom is -0.370 e. The molecule has 0 unspecified atom stereocenters. The van der Waals surface area contributed by atoms with E-state index in [-0.39, 0.29) is 24.0 Å². The normalized spacial score (nSPS) is 16.9. The third kappa shape index (κ3) is 8.01. The molecule has 1 saturated heterocycles. The number of anilines is 1. The maximum absolute atomic E-state index is 5.91. The highest BCUT2D eigenvalue weighted by molar-refractivity contribution is 14.0. The smallest absolute Gasteiger partial charge is 0.193 e. The van der Waals surface area contributed by atoms with Crippen molar-refractivity contribution < 1.29 is 0 Å². The first-order chi connectivity index (χ1) is 10.6. The largest absolute Gasteiger partial charge is 0.370 e. The van der Waals surface area contributed by atoms with Crippen LogP contribution < -0.4 is 11.1 Å². The van der Waals surface area contributed by atoms with Gasteiger partial charge < -0.3 is 16.0 Å². The first-order valence-corrected chi connectivity index (χ1v) is 8.49. The summed E-state index contributed by atoms with van der Waals surface area (Å²) in [6.07, 6.45) is 5.01. The molecule has 1 heterocycles. The van der Waals surface area contributed by atoms with E-state index in [2.05, 4.69) is 41.2 Å². The fourth-order valence-corrected chi connectivity index (χ4v) is 2.76. The molecule has 0 aliphatic carbocycles. The Morgan fingerprint density at radius 2 is 1.87 bits per heavy atom. The maximum atomic E-state index is 5.91. The number of nitrogens with two attached hydrogens (primary N) is 1. The number of rotatable bonds is 6. The SMILES string of the molecule is Cc1ccc(NC(N)=NCCCCN2CCC(C)CC2)cc1.I. The summed E-state index contributed by atoms with van der Waals surface area (Å²) in [4.78, 5) is 6.98. The predicted molar refractivity (Wildman–Crippen MR) is 111 cm³/mol. The van der Waals surface area contributed by atoms with E-state index >= 15 is 0 Å². The van der Waals surface area contributed by atoms with Gasteiger partial charge in [-0.15, -0.1) is 24.0 Å². The molecular weight excluding hydrogens is 399 g/mol. The highest BCUT2D eigenvalue weighted by Gasteiger charge is 2.14. The number of guanidine groups is 1. The Kier molecular flexibility index (Phi) is 9.55. The lowest BCUT2D eigenvalue weighted by atomic mass is 9.99. The quantitative estimate of drug-likeness (QED) is 0.312. The molecule has 0 saturated carbocycles. The monoisotopic (exact) mass is 430 g/mol. The van der Waals surface area contributed by atoms with E-state index in [1.165, 1.54) is 44.5 Å². The van der Waals surface area contributed by atoms with Crippen molar-refractivity contribution in [3.05, 3.63) is 29.8 Å². The molecule has 1 aliphatic rings. The molecule has 0 atom stereocenters. The van der Waals surface area contributed by atoms with E-state index < -0.39 is 0 Å². The number of piperidine rings is 1. The molecule has 130 valence electrons. The van der Waals surface area contributed by atoms with Crippen LogP contribution in [0.1, 0.15) is 38.2 Å². The highest BCUT2D eigenvalue weighted by Crippen LogP contribution is 2.16. The lowest BCUT2D eigenvalue weighted by molar-refractivity contribution is 0.190. The molecule has 1 aromatic carbocycles. The first-order valence-electron chi connectivity index (χ1n) is 8.49. The van der Waals surface area contributed by atoms with Crippen LogP contribution in [0.2, 0.25) is 0 Å². The van der Waals surface area contributed by atoms with E-state index in [4.69, 9.17) is 5.73 Å². The molecule has 0 radical (unpaired) electrons. The minimum atomic E-state index is 0. The van der Waals surface area contributed by atoms with Crippen molar-refractivity contribution >= 4 is 35.6 Å². The molecular formula is C18H31IN4. The van der Waals surface area contributed by atoms with Gasteiger partial charge in [0.05, 0.1) is 0 Å². The van der Waals surface area contributed by atoms with Gasteiger partial charge in [-0.2, -0.15) is 0 Å². The Morgan fingerprint density at radius 3 is 2.52 bits per heavy atom. The van der Waals surface area contributed by atoms with Gasteiger partial charge in [0, 0.05) is 12.2 Å². The summed E-state index contributed by atoms with van der Waals surface area (Å²) < 4.78 is 0. The zero-order chi connectivity index (χ0) is 15.8. The number of hydrogen-bond donors (Lipinski definition) is 2. The number of benzene rings is 1. The summed E-state index contributed by atoms with van der Waals surface area (Å²) in [5.41, 5.74) is 8.15. The summed E-state index contributed by atoms with van der Waals surface area (Å²) in [5.74, 6) is 1.42. The molecule has 0 amide bonds. The van der Waals surface area contributed by atoms with E-state index in [9.17, 15) is 0 Å². The number of aryl methyl sites for hydroxylation is 1. The van der Waals surface area contributed by atoms with E-state index in [0.29, 0.717) is 5.96 Å². The van der Waals surface area contributed by atoms with Crippen LogP contribution >= 0.6 is 24.0 Å². The molecule has 23 heavy (non-hydrogen) atoms. The van der Waals surface area contributed by atoms with Crippen LogP contribution in [-0.4, -0.2) is 37.0 Å². The summed E-state index contributed by atoms with van der Waals surface area (Å²) in [6.45, 7) is 8.96. The Bertz CT molecular complexity index is 464. The second-order valence-electron chi connectivity index (χ2n) is 6.49. The van der Waals surface area contributed by atoms with Crippen LogP contribution in [0.5, 0.6) is 0 Å². The molecule has 1 aliphatic heterocycles. The van der Waals surface area contributed by atoms with E-state index in [1.807, 2.05) is 12.1 Å². The number of likely N-dealkylation sites (tertiary alicyclic amines) is 1. The third-order valence-corrected chi connectivity index (χ3v) is 4.36. The van der Waals surface area contributed by atoms with Gasteiger partial charge in [-0.1, -0.05) is 24.6 Å². The number of halogens is 1. The molecule has 0 spiro atoms. The second kappa shape index (κ2) is 10.9. The molecule has 1 aromatic rings. The Hall–Kier alpha value is -0.820.